The maximum absolute atomic E-state index is 11.1. The predicted molar refractivity (Wildman–Crippen MR) is 117 cm³/mol. The number of benzene rings is 2. The van der Waals surface area contributed by atoms with Crippen LogP contribution in [0.3, 0.4) is 0 Å². The first-order chi connectivity index (χ1) is 13.3. The fraction of sp³-hybridized carbons (Fsp3) is 0.211. The van der Waals surface area contributed by atoms with Crippen molar-refractivity contribution in [3.05, 3.63) is 57.5 Å². The highest BCUT2D eigenvalue weighted by Crippen LogP contribution is 2.46. The van der Waals surface area contributed by atoms with Gasteiger partial charge in [0.2, 0.25) is 5.52 Å². The predicted octanol–water partition coefficient (Wildman–Crippen LogP) is 4.57. The molecule has 0 atom stereocenters. The molecule has 146 valence electrons. The number of hydrogen-bond donors (Lipinski definition) is 1. The summed E-state index contributed by atoms with van der Waals surface area (Å²) < 4.78 is 34.5. The van der Waals surface area contributed by atoms with Gasteiger partial charge in [0, 0.05) is 22.5 Å². The van der Waals surface area contributed by atoms with E-state index in [1.807, 2.05) is 43.4 Å². The van der Waals surface area contributed by atoms with E-state index in [4.69, 9.17) is 16.2 Å². The molecule has 0 fully saturated rings. The molecule has 1 aliphatic rings. The maximum atomic E-state index is 11.1. The van der Waals surface area contributed by atoms with Gasteiger partial charge in [-0.25, -0.2) is 0 Å². The van der Waals surface area contributed by atoms with Gasteiger partial charge in [-0.05, 0) is 30.7 Å². The molecule has 1 aromatic heterocycles. The average molecular weight is 454 g/mol. The summed E-state index contributed by atoms with van der Waals surface area (Å²) in [5.41, 5.74) is 2.17. The number of nitrogens with zero attached hydrogens (tertiary/aromatic N) is 2. The Morgan fingerprint density at radius 1 is 1.25 bits per heavy atom. The highest BCUT2D eigenvalue weighted by atomic mass is 35.5. The van der Waals surface area contributed by atoms with Crippen LogP contribution in [0.2, 0.25) is 5.02 Å². The first kappa shape index (κ1) is 19.7. The van der Waals surface area contributed by atoms with Gasteiger partial charge < -0.3 is 4.90 Å². The molecule has 0 saturated heterocycles. The van der Waals surface area contributed by atoms with Crippen LogP contribution in [0.4, 0.5) is 5.69 Å². The molecule has 0 aliphatic carbocycles. The van der Waals surface area contributed by atoms with Gasteiger partial charge in [0.05, 0.1) is 22.5 Å². The summed E-state index contributed by atoms with van der Waals surface area (Å²) in [5, 5.41) is 2.82. The Bertz CT molecular complexity index is 1190. The summed E-state index contributed by atoms with van der Waals surface area (Å²) >= 11 is 9.45. The van der Waals surface area contributed by atoms with Gasteiger partial charge in [-0.15, -0.1) is 0 Å². The summed E-state index contributed by atoms with van der Waals surface area (Å²) in [6.07, 6.45) is 2.47. The van der Waals surface area contributed by atoms with Crippen molar-refractivity contribution >= 4 is 66.8 Å². The van der Waals surface area contributed by atoms with E-state index in [1.54, 1.807) is 23.1 Å². The van der Waals surface area contributed by atoms with Gasteiger partial charge >= 0.3 is 0 Å². The van der Waals surface area contributed by atoms with E-state index in [1.165, 1.54) is 0 Å². The van der Waals surface area contributed by atoms with Crippen LogP contribution in [-0.4, -0.2) is 25.3 Å². The Hall–Kier alpha value is -1.58. The van der Waals surface area contributed by atoms with Crippen LogP contribution in [0.1, 0.15) is 11.4 Å². The van der Waals surface area contributed by atoms with Crippen LogP contribution < -0.4 is 9.47 Å². The number of anilines is 1. The monoisotopic (exact) mass is 453 g/mol. The molecule has 1 N–H and O–H groups in total. The van der Waals surface area contributed by atoms with E-state index in [0.29, 0.717) is 18.0 Å². The van der Waals surface area contributed by atoms with Gasteiger partial charge in [0.15, 0.2) is 0 Å². The summed E-state index contributed by atoms with van der Waals surface area (Å²) in [5.74, 6) is -0.251. The molecule has 2 heterocycles. The van der Waals surface area contributed by atoms with Crippen molar-refractivity contribution in [2.24, 2.45) is 7.05 Å². The normalized spacial score (nSPS) is 15.5. The van der Waals surface area contributed by atoms with E-state index in [2.05, 4.69) is 21.6 Å². The van der Waals surface area contributed by atoms with E-state index in [9.17, 15) is 8.42 Å². The second-order valence-corrected chi connectivity index (χ2v) is 10.6. The average Bonchev–Trinajstić information content (AvgIpc) is 3.12. The standard InChI is InChI=1S/C19H17ClN2O3S3/c1-21-14-8-7-13(20)11-17(14)27-18(21)12-19-22(9-4-10-28(23,24)25)15-5-2-3-6-16(15)26-19/h2-3,5-8,11-12H,4,9-10H2,1H3/p+1. The first-order valence-corrected chi connectivity index (χ1v) is 12.2. The Morgan fingerprint density at radius 2 is 2.04 bits per heavy atom. The maximum Gasteiger partial charge on any atom is 0.265 e. The lowest BCUT2D eigenvalue weighted by molar-refractivity contribution is -0.642. The number of fused-ring (bicyclic) bond motifs is 2. The fourth-order valence-corrected chi connectivity index (χ4v) is 6.23. The minimum Gasteiger partial charge on any atom is -0.335 e. The number of rotatable bonds is 5. The lowest BCUT2D eigenvalue weighted by atomic mass is 10.3. The molecule has 9 heteroatoms. The second-order valence-electron chi connectivity index (χ2n) is 6.45. The fourth-order valence-electron chi connectivity index (χ4n) is 3.17. The first-order valence-electron chi connectivity index (χ1n) is 8.61. The lowest BCUT2D eigenvalue weighted by Gasteiger charge is -2.19. The summed E-state index contributed by atoms with van der Waals surface area (Å²) in [7, 11) is -1.94. The zero-order valence-corrected chi connectivity index (χ0v) is 18.2. The van der Waals surface area contributed by atoms with Gasteiger partial charge in [-0.1, -0.05) is 46.8 Å². The largest absolute Gasteiger partial charge is 0.335 e. The third-order valence-corrected chi connectivity index (χ3v) is 7.80. The summed E-state index contributed by atoms with van der Waals surface area (Å²) in [4.78, 5) is 3.25. The van der Waals surface area contributed by atoms with Crippen LogP contribution in [-0.2, 0) is 17.2 Å². The minimum absolute atomic E-state index is 0.251. The Kier molecular flexibility index (Phi) is 5.41. The van der Waals surface area contributed by atoms with Gasteiger partial charge in [0.25, 0.3) is 15.1 Å². The molecule has 3 aromatic rings. The summed E-state index contributed by atoms with van der Waals surface area (Å²) in [6.45, 7) is 0.510. The van der Waals surface area contributed by atoms with Gasteiger partial charge in [-0.3, -0.25) is 4.55 Å². The zero-order valence-electron chi connectivity index (χ0n) is 15.0. The molecule has 0 amide bonds. The number of aryl methyl sites for hydroxylation is 1. The van der Waals surface area contributed by atoms with Crippen LogP contribution in [0, 0.1) is 0 Å². The van der Waals surface area contributed by atoms with Crippen molar-refractivity contribution in [1.82, 2.24) is 0 Å². The number of halogens is 1. The van der Waals surface area contributed by atoms with Crippen molar-refractivity contribution in [1.29, 1.82) is 0 Å². The third-order valence-electron chi connectivity index (χ3n) is 4.50. The summed E-state index contributed by atoms with van der Waals surface area (Å²) in [6, 6.07) is 13.9. The van der Waals surface area contributed by atoms with Crippen LogP contribution in [0.25, 0.3) is 16.3 Å². The molecule has 0 spiro atoms. The second kappa shape index (κ2) is 7.68. The number of hydrogen-bond acceptors (Lipinski definition) is 5. The smallest absolute Gasteiger partial charge is 0.265 e. The van der Waals surface area contributed by atoms with Crippen LogP contribution in [0.5, 0.6) is 0 Å². The highest BCUT2D eigenvalue weighted by molar-refractivity contribution is 8.03. The van der Waals surface area contributed by atoms with E-state index in [-0.39, 0.29) is 5.75 Å². The SMILES string of the molecule is C[n+]1c(/C=C2\Sc3ccccc3N2CCCS(=O)(=O)O)sc2cc(Cl)ccc21. The molecule has 0 radical (unpaired) electrons. The molecule has 0 saturated carbocycles. The Balaban J connectivity index is 1.70. The third kappa shape index (κ3) is 4.06. The molecule has 0 unspecified atom stereocenters. The topological polar surface area (TPSA) is 61.5 Å². The number of para-hydroxylation sites is 1. The zero-order chi connectivity index (χ0) is 19.9. The van der Waals surface area contributed by atoms with E-state index < -0.39 is 10.1 Å². The van der Waals surface area contributed by atoms with Crippen molar-refractivity contribution in [3.63, 3.8) is 0 Å². The molecule has 28 heavy (non-hydrogen) atoms. The molecule has 2 aromatic carbocycles. The molecule has 1 aliphatic heterocycles. The van der Waals surface area contributed by atoms with Crippen molar-refractivity contribution < 1.29 is 17.5 Å². The van der Waals surface area contributed by atoms with Crippen molar-refractivity contribution in [2.45, 2.75) is 11.3 Å². The molecule has 0 bridgehead atoms. The lowest BCUT2D eigenvalue weighted by Crippen LogP contribution is -2.29. The Morgan fingerprint density at radius 3 is 2.82 bits per heavy atom. The van der Waals surface area contributed by atoms with E-state index in [0.717, 1.165) is 30.8 Å². The Labute approximate surface area is 177 Å². The van der Waals surface area contributed by atoms with Gasteiger partial charge in [0.1, 0.15) is 11.7 Å². The molecule has 5 nitrogen and oxygen atoms in total. The number of thioether (sulfide) groups is 1. The number of thiazole rings is 1. The van der Waals surface area contributed by atoms with Crippen molar-refractivity contribution in [2.75, 3.05) is 17.2 Å². The van der Waals surface area contributed by atoms with Crippen molar-refractivity contribution in [3.8, 4) is 0 Å². The van der Waals surface area contributed by atoms with Gasteiger partial charge in [-0.2, -0.15) is 13.0 Å². The quantitative estimate of drug-likeness (QED) is 0.453. The van der Waals surface area contributed by atoms with Crippen LogP contribution in [0.15, 0.2) is 52.4 Å². The molecule has 4 rings (SSSR count). The molecular weight excluding hydrogens is 436 g/mol. The minimum atomic E-state index is -3.97. The highest BCUT2D eigenvalue weighted by Gasteiger charge is 2.27. The number of aromatic nitrogens is 1. The van der Waals surface area contributed by atoms with Crippen LogP contribution >= 0.6 is 34.7 Å². The molecular formula is C19H18ClN2O3S3+. The van der Waals surface area contributed by atoms with E-state index >= 15 is 0 Å².